The maximum absolute atomic E-state index is 12.6. The van der Waals surface area contributed by atoms with E-state index in [0.29, 0.717) is 31.7 Å². The van der Waals surface area contributed by atoms with Crippen LogP contribution < -0.4 is 0 Å². The van der Waals surface area contributed by atoms with Crippen molar-refractivity contribution in [2.75, 3.05) is 19.6 Å². The molecule has 2 fully saturated rings. The Balaban J connectivity index is 1.88. The van der Waals surface area contributed by atoms with Crippen molar-refractivity contribution in [2.45, 2.75) is 38.1 Å². The van der Waals surface area contributed by atoms with Crippen LogP contribution in [-0.4, -0.2) is 56.4 Å². The largest absolute Gasteiger partial charge is 0.341 e. The number of piperidine rings is 1. The van der Waals surface area contributed by atoms with E-state index in [1.165, 1.54) is 11.5 Å². The number of nitrogens with zero attached hydrogens (tertiary/aromatic N) is 4. The van der Waals surface area contributed by atoms with Crippen molar-refractivity contribution in [1.29, 1.82) is 0 Å². The summed E-state index contributed by atoms with van der Waals surface area (Å²) in [4.78, 5) is 28.4. The summed E-state index contributed by atoms with van der Waals surface area (Å²) in [7, 11) is 0. The van der Waals surface area contributed by atoms with E-state index in [2.05, 4.69) is 9.59 Å². The number of likely N-dealkylation sites (N-methyl/N-ethyl adjacent to an activating group) is 1. The second kappa shape index (κ2) is 5.12. The Bertz CT molecular complexity index is 518. The number of hydrogen-bond acceptors (Lipinski definition) is 5. The van der Waals surface area contributed by atoms with Gasteiger partial charge in [-0.05, 0) is 37.7 Å². The van der Waals surface area contributed by atoms with Crippen molar-refractivity contribution in [3.63, 3.8) is 0 Å². The van der Waals surface area contributed by atoms with Gasteiger partial charge in [-0.15, -0.1) is 5.10 Å². The lowest BCUT2D eigenvalue weighted by atomic mass is 9.85. The molecule has 6 nitrogen and oxygen atoms in total. The van der Waals surface area contributed by atoms with Gasteiger partial charge < -0.3 is 9.80 Å². The maximum atomic E-state index is 12.6. The average Bonchev–Trinajstić information content (AvgIpc) is 3.07. The fourth-order valence-electron chi connectivity index (χ4n) is 3.34. The first-order valence-electron chi connectivity index (χ1n) is 7.03. The third kappa shape index (κ3) is 2.09. The maximum Gasteiger partial charge on any atom is 0.275 e. The SMILES string of the molecule is CCN1CC2(CCCCN2C(=O)c2csnn2)CC1=O. The van der Waals surface area contributed by atoms with Crippen LogP contribution in [0.4, 0.5) is 0 Å². The molecule has 0 radical (unpaired) electrons. The lowest BCUT2D eigenvalue weighted by Gasteiger charge is -2.44. The molecular formula is C13H18N4O2S. The van der Waals surface area contributed by atoms with Crippen molar-refractivity contribution >= 4 is 23.3 Å². The molecule has 3 heterocycles. The third-order valence-corrected chi connectivity index (χ3v) is 4.88. The molecule has 1 unspecified atom stereocenters. The molecule has 108 valence electrons. The van der Waals surface area contributed by atoms with E-state index in [1.54, 1.807) is 5.38 Å². The standard InChI is InChI=1S/C13H18N4O2S/c1-2-16-9-13(7-11(16)18)5-3-4-6-17(13)12(19)10-8-20-15-14-10/h8H,2-7,9H2,1H3. The predicted molar refractivity (Wildman–Crippen MR) is 74.4 cm³/mol. The van der Waals surface area contributed by atoms with Gasteiger partial charge in [-0.3, -0.25) is 9.59 Å². The highest BCUT2D eigenvalue weighted by molar-refractivity contribution is 7.03. The fourth-order valence-corrected chi connectivity index (χ4v) is 3.77. The van der Waals surface area contributed by atoms with Crippen molar-refractivity contribution in [3.8, 4) is 0 Å². The zero-order chi connectivity index (χ0) is 14.2. The number of rotatable bonds is 2. The Morgan fingerprint density at radius 2 is 2.35 bits per heavy atom. The number of carbonyl (C=O) groups excluding carboxylic acids is 2. The topological polar surface area (TPSA) is 66.4 Å². The number of hydrogen-bond donors (Lipinski definition) is 0. The minimum absolute atomic E-state index is 0.0794. The molecule has 0 bridgehead atoms. The van der Waals surface area contributed by atoms with Crippen LogP contribution in [-0.2, 0) is 4.79 Å². The molecule has 1 atom stereocenters. The smallest absolute Gasteiger partial charge is 0.275 e. The Morgan fingerprint density at radius 1 is 1.50 bits per heavy atom. The van der Waals surface area contributed by atoms with Crippen LogP contribution in [0.3, 0.4) is 0 Å². The van der Waals surface area contributed by atoms with Crippen molar-refractivity contribution < 1.29 is 9.59 Å². The molecule has 2 amide bonds. The summed E-state index contributed by atoms with van der Waals surface area (Å²) in [6.07, 6.45) is 3.41. The van der Waals surface area contributed by atoms with Gasteiger partial charge in [0.05, 0.1) is 12.0 Å². The van der Waals surface area contributed by atoms with Gasteiger partial charge in [0.2, 0.25) is 5.91 Å². The monoisotopic (exact) mass is 294 g/mol. The Hall–Kier alpha value is -1.50. The van der Waals surface area contributed by atoms with Crippen molar-refractivity contribution in [2.24, 2.45) is 0 Å². The lowest BCUT2D eigenvalue weighted by molar-refractivity contribution is -0.127. The Labute approximate surface area is 121 Å². The molecule has 2 aliphatic rings. The van der Waals surface area contributed by atoms with Gasteiger partial charge in [-0.25, -0.2) is 0 Å². The van der Waals surface area contributed by atoms with E-state index in [-0.39, 0.29) is 17.4 Å². The van der Waals surface area contributed by atoms with Crippen LogP contribution in [0.25, 0.3) is 0 Å². The van der Waals surface area contributed by atoms with Crippen LogP contribution in [0.1, 0.15) is 43.1 Å². The Morgan fingerprint density at radius 3 is 3.00 bits per heavy atom. The quantitative estimate of drug-likeness (QED) is 0.821. The minimum atomic E-state index is -0.327. The second-order valence-corrected chi connectivity index (χ2v) is 6.12. The van der Waals surface area contributed by atoms with E-state index in [0.717, 1.165) is 19.3 Å². The number of carbonyl (C=O) groups is 2. The van der Waals surface area contributed by atoms with E-state index in [1.807, 2.05) is 16.7 Å². The first kappa shape index (κ1) is 13.5. The van der Waals surface area contributed by atoms with Gasteiger partial charge in [0.1, 0.15) is 0 Å². The average molecular weight is 294 g/mol. The van der Waals surface area contributed by atoms with Gasteiger partial charge in [0.15, 0.2) is 5.69 Å². The molecule has 1 aromatic heterocycles. The Kier molecular flexibility index (Phi) is 3.45. The fraction of sp³-hybridized carbons (Fsp3) is 0.692. The molecule has 0 N–H and O–H groups in total. The summed E-state index contributed by atoms with van der Waals surface area (Å²) in [5.74, 6) is 0.0767. The molecule has 20 heavy (non-hydrogen) atoms. The van der Waals surface area contributed by atoms with Gasteiger partial charge >= 0.3 is 0 Å². The molecule has 1 aromatic rings. The molecule has 2 saturated heterocycles. The van der Waals surface area contributed by atoms with Crippen LogP contribution in [0.5, 0.6) is 0 Å². The van der Waals surface area contributed by atoms with Crippen LogP contribution in [0, 0.1) is 0 Å². The molecule has 1 spiro atoms. The van der Waals surface area contributed by atoms with E-state index in [9.17, 15) is 9.59 Å². The van der Waals surface area contributed by atoms with Crippen LogP contribution >= 0.6 is 11.5 Å². The molecule has 0 aromatic carbocycles. The molecule has 0 aliphatic carbocycles. The summed E-state index contributed by atoms with van der Waals surface area (Å²) >= 11 is 1.18. The summed E-state index contributed by atoms with van der Waals surface area (Å²) in [6, 6.07) is 0. The van der Waals surface area contributed by atoms with Crippen molar-refractivity contribution in [1.82, 2.24) is 19.4 Å². The minimum Gasteiger partial charge on any atom is -0.341 e. The van der Waals surface area contributed by atoms with E-state index in [4.69, 9.17) is 0 Å². The predicted octanol–water partition coefficient (Wildman–Crippen LogP) is 1.16. The summed E-state index contributed by atoms with van der Waals surface area (Å²) in [6.45, 7) is 4.06. The molecular weight excluding hydrogens is 276 g/mol. The summed E-state index contributed by atoms with van der Waals surface area (Å²) in [5.41, 5.74) is 0.0742. The van der Waals surface area contributed by atoms with Crippen LogP contribution in [0.2, 0.25) is 0 Å². The zero-order valence-corrected chi connectivity index (χ0v) is 12.4. The van der Waals surface area contributed by atoms with Gasteiger partial charge in [0, 0.05) is 25.0 Å². The van der Waals surface area contributed by atoms with E-state index < -0.39 is 0 Å². The molecule has 7 heteroatoms. The van der Waals surface area contributed by atoms with Gasteiger partial charge in [0.25, 0.3) is 5.91 Å². The first-order valence-corrected chi connectivity index (χ1v) is 7.87. The highest BCUT2D eigenvalue weighted by Crippen LogP contribution is 2.37. The summed E-state index contributed by atoms with van der Waals surface area (Å²) < 4.78 is 3.77. The summed E-state index contributed by atoms with van der Waals surface area (Å²) in [5, 5.41) is 5.56. The number of likely N-dealkylation sites (tertiary alicyclic amines) is 2. The van der Waals surface area contributed by atoms with Gasteiger partial charge in [-0.1, -0.05) is 4.49 Å². The highest BCUT2D eigenvalue weighted by Gasteiger charge is 2.49. The number of amides is 2. The highest BCUT2D eigenvalue weighted by atomic mass is 32.1. The molecule has 2 aliphatic heterocycles. The van der Waals surface area contributed by atoms with E-state index >= 15 is 0 Å². The molecule has 0 saturated carbocycles. The van der Waals surface area contributed by atoms with Gasteiger partial charge in [-0.2, -0.15) is 0 Å². The third-order valence-electron chi connectivity index (χ3n) is 4.37. The first-order chi connectivity index (χ1) is 9.66. The number of aromatic nitrogens is 2. The molecule has 3 rings (SSSR count). The lowest BCUT2D eigenvalue weighted by Crippen LogP contribution is -2.56. The van der Waals surface area contributed by atoms with Crippen molar-refractivity contribution in [3.05, 3.63) is 11.1 Å². The normalized spacial score (nSPS) is 26.6. The van der Waals surface area contributed by atoms with Crippen LogP contribution in [0.15, 0.2) is 5.38 Å². The second-order valence-electron chi connectivity index (χ2n) is 5.51. The zero-order valence-electron chi connectivity index (χ0n) is 11.5.